The Kier molecular flexibility index (Phi) is 6.73. The minimum absolute atomic E-state index is 0.120. The number of fused-ring (bicyclic) bond motifs is 1. The SMILES string of the molecule is CC1(c2cccc3ccccc23)NC(=O)N(CC(=O)NCCC(c2ccccc2)c2ccccc2)C1=O. The largest absolute Gasteiger partial charge is 0.355 e. The lowest BCUT2D eigenvalue weighted by molar-refractivity contribution is -0.134. The third-order valence-electron chi connectivity index (χ3n) is 7.06. The van der Waals surface area contributed by atoms with E-state index >= 15 is 0 Å². The minimum Gasteiger partial charge on any atom is -0.355 e. The Bertz CT molecular complexity index is 1390. The molecule has 1 heterocycles. The maximum Gasteiger partial charge on any atom is 0.325 e. The first kappa shape index (κ1) is 24.3. The van der Waals surface area contributed by atoms with Crippen LogP contribution in [0.15, 0.2) is 103 Å². The molecule has 37 heavy (non-hydrogen) atoms. The first-order valence-electron chi connectivity index (χ1n) is 12.5. The molecule has 1 fully saturated rings. The number of urea groups is 1. The fourth-order valence-corrected chi connectivity index (χ4v) is 5.14. The second-order valence-electron chi connectivity index (χ2n) is 9.49. The zero-order chi connectivity index (χ0) is 25.8. The van der Waals surface area contributed by atoms with Crippen molar-refractivity contribution in [3.8, 4) is 0 Å². The number of nitrogens with one attached hydrogen (secondary N) is 2. The van der Waals surface area contributed by atoms with Crippen molar-refractivity contribution < 1.29 is 14.4 Å². The third kappa shape index (κ3) is 4.83. The molecule has 0 aliphatic carbocycles. The van der Waals surface area contributed by atoms with Crippen molar-refractivity contribution in [2.24, 2.45) is 0 Å². The van der Waals surface area contributed by atoms with E-state index < -0.39 is 17.5 Å². The summed E-state index contributed by atoms with van der Waals surface area (Å²) >= 11 is 0. The molecule has 4 aromatic carbocycles. The van der Waals surface area contributed by atoms with Gasteiger partial charge in [-0.2, -0.15) is 0 Å². The van der Waals surface area contributed by atoms with E-state index in [1.165, 1.54) is 11.1 Å². The number of imide groups is 1. The molecule has 2 N–H and O–H groups in total. The van der Waals surface area contributed by atoms with Crippen molar-refractivity contribution in [1.29, 1.82) is 0 Å². The lowest BCUT2D eigenvalue weighted by Gasteiger charge is -2.24. The van der Waals surface area contributed by atoms with Crippen molar-refractivity contribution >= 4 is 28.6 Å². The van der Waals surface area contributed by atoms with Crippen LogP contribution in [0.3, 0.4) is 0 Å². The molecule has 1 aliphatic heterocycles. The number of rotatable bonds is 8. The highest BCUT2D eigenvalue weighted by atomic mass is 16.2. The normalized spacial score (nSPS) is 17.3. The van der Waals surface area contributed by atoms with Crippen LogP contribution in [-0.2, 0) is 15.1 Å². The molecule has 0 spiro atoms. The Labute approximate surface area is 216 Å². The van der Waals surface area contributed by atoms with E-state index in [-0.39, 0.29) is 18.4 Å². The smallest absolute Gasteiger partial charge is 0.325 e. The maximum absolute atomic E-state index is 13.4. The van der Waals surface area contributed by atoms with Crippen LogP contribution in [0.5, 0.6) is 0 Å². The highest BCUT2D eigenvalue weighted by Gasteiger charge is 2.50. The van der Waals surface area contributed by atoms with Gasteiger partial charge in [0.15, 0.2) is 0 Å². The van der Waals surface area contributed by atoms with Crippen LogP contribution in [0, 0.1) is 0 Å². The molecule has 1 saturated heterocycles. The van der Waals surface area contributed by atoms with Gasteiger partial charge in [-0.1, -0.05) is 103 Å². The fourth-order valence-electron chi connectivity index (χ4n) is 5.14. The van der Waals surface area contributed by atoms with Crippen molar-refractivity contribution in [3.05, 3.63) is 120 Å². The van der Waals surface area contributed by atoms with E-state index in [1.54, 1.807) is 6.92 Å². The molecule has 1 atom stereocenters. The molecular formula is C31H29N3O3. The molecule has 4 amide bonds. The Hall–Kier alpha value is -4.45. The average molecular weight is 492 g/mol. The topological polar surface area (TPSA) is 78.5 Å². The van der Waals surface area contributed by atoms with Crippen LogP contribution < -0.4 is 10.6 Å². The van der Waals surface area contributed by atoms with Crippen LogP contribution in [0.2, 0.25) is 0 Å². The van der Waals surface area contributed by atoms with E-state index in [0.717, 1.165) is 15.7 Å². The number of carbonyl (C=O) groups excluding carboxylic acids is 3. The van der Waals surface area contributed by atoms with Crippen molar-refractivity contribution in [2.75, 3.05) is 13.1 Å². The Morgan fingerprint density at radius 2 is 1.43 bits per heavy atom. The molecule has 186 valence electrons. The number of benzene rings is 4. The number of hydrogen-bond donors (Lipinski definition) is 2. The predicted molar refractivity (Wildman–Crippen MR) is 144 cm³/mol. The van der Waals surface area contributed by atoms with Crippen molar-refractivity contribution in [2.45, 2.75) is 24.8 Å². The highest BCUT2D eigenvalue weighted by molar-refractivity contribution is 6.10. The summed E-state index contributed by atoms with van der Waals surface area (Å²) in [6.07, 6.45) is 0.688. The molecule has 1 unspecified atom stereocenters. The summed E-state index contributed by atoms with van der Waals surface area (Å²) in [5.74, 6) is -0.685. The molecule has 1 aliphatic rings. The lowest BCUT2D eigenvalue weighted by atomic mass is 9.88. The van der Waals surface area contributed by atoms with Gasteiger partial charge in [-0.15, -0.1) is 0 Å². The Morgan fingerprint density at radius 3 is 2.11 bits per heavy atom. The quantitative estimate of drug-likeness (QED) is 0.343. The second kappa shape index (κ2) is 10.3. The van der Waals surface area contributed by atoms with Gasteiger partial charge in [-0.3, -0.25) is 14.5 Å². The van der Waals surface area contributed by atoms with Gasteiger partial charge in [0, 0.05) is 12.5 Å². The Morgan fingerprint density at radius 1 is 0.838 bits per heavy atom. The number of amides is 4. The zero-order valence-corrected chi connectivity index (χ0v) is 20.7. The minimum atomic E-state index is -1.25. The summed E-state index contributed by atoms with van der Waals surface area (Å²) in [4.78, 5) is 40.1. The van der Waals surface area contributed by atoms with E-state index in [4.69, 9.17) is 0 Å². The summed E-state index contributed by atoms with van der Waals surface area (Å²) in [7, 11) is 0. The first-order valence-corrected chi connectivity index (χ1v) is 12.5. The van der Waals surface area contributed by atoms with E-state index in [1.807, 2.05) is 78.9 Å². The van der Waals surface area contributed by atoms with E-state index in [0.29, 0.717) is 18.5 Å². The Balaban J connectivity index is 1.26. The average Bonchev–Trinajstić information content (AvgIpc) is 3.15. The van der Waals surface area contributed by atoms with E-state index in [9.17, 15) is 14.4 Å². The molecule has 0 aromatic heterocycles. The zero-order valence-electron chi connectivity index (χ0n) is 20.7. The van der Waals surface area contributed by atoms with Gasteiger partial charge in [0.2, 0.25) is 5.91 Å². The van der Waals surface area contributed by atoms with Crippen molar-refractivity contribution in [3.63, 3.8) is 0 Å². The predicted octanol–water partition coefficient (Wildman–Crippen LogP) is 4.95. The van der Waals surface area contributed by atoms with Gasteiger partial charge in [0.25, 0.3) is 5.91 Å². The second-order valence-corrected chi connectivity index (χ2v) is 9.49. The number of carbonyl (C=O) groups is 3. The van der Waals surface area contributed by atoms with Gasteiger partial charge in [-0.25, -0.2) is 4.79 Å². The molecular weight excluding hydrogens is 462 g/mol. The van der Waals surface area contributed by atoms with Crippen molar-refractivity contribution in [1.82, 2.24) is 15.5 Å². The summed E-state index contributed by atoms with van der Waals surface area (Å²) in [6, 6.07) is 33.2. The van der Waals surface area contributed by atoms with Crippen LogP contribution in [0.4, 0.5) is 4.79 Å². The first-order chi connectivity index (χ1) is 18.0. The fraction of sp³-hybridized carbons (Fsp3) is 0.194. The van der Waals surface area contributed by atoms with Gasteiger partial charge in [-0.05, 0) is 40.8 Å². The molecule has 5 rings (SSSR count). The molecule has 0 saturated carbocycles. The van der Waals surface area contributed by atoms with Crippen LogP contribution in [0.25, 0.3) is 10.8 Å². The van der Waals surface area contributed by atoms with Gasteiger partial charge < -0.3 is 10.6 Å². The molecule has 4 aromatic rings. The van der Waals surface area contributed by atoms with E-state index in [2.05, 4.69) is 34.9 Å². The summed E-state index contributed by atoms with van der Waals surface area (Å²) in [5, 5.41) is 7.59. The summed E-state index contributed by atoms with van der Waals surface area (Å²) < 4.78 is 0. The number of nitrogens with zero attached hydrogens (tertiary/aromatic N) is 1. The standard InChI is InChI=1S/C31H29N3O3/c1-31(27-18-10-16-24-15-8-9-17-26(24)27)29(36)34(30(37)33-31)21-28(35)32-20-19-25(22-11-4-2-5-12-22)23-13-6-3-7-14-23/h2-18,25H,19-21H2,1H3,(H,32,35)(H,33,37). The highest BCUT2D eigenvalue weighted by Crippen LogP contribution is 2.34. The van der Waals surface area contributed by atoms with Gasteiger partial charge in [0.1, 0.15) is 12.1 Å². The molecule has 6 heteroatoms. The monoisotopic (exact) mass is 491 g/mol. The molecule has 6 nitrogen and oxygen atoms in total. The van der Waals surface area contributed by atoms with Gasteiger partial charge >= 0.3 is 6.03 Å². The van der Waals surface area contributed by atoms with Crippen LogP contribution >= 0.6 is 0 Å². The van der Waals surface area contributed by atoms with Gasteiger partial charge in [0.05, 0.1) is 0 Å². The van der Waals surface area contributed by atoms with Crippen LogP contribution in [0.1, 0.15) is 36.0 Å². The number of hydrogen-bond acceptors (Lipinski definition) is 3. The molecule has 0 bridgehead atoms. The maximum atomic E-state index is 13.4. The summed E-state index contributed by atoms with van der Waals surface area (Å²) in [6.45, 7) is 1.78. The summed E-state index contributed by atoms with van der Waals surface area (Å²) in [5.41, 5.74) is 1.80. The third-order valence-corrected chi connectivity index (χ3v) is 7.06. The molecule has 0 radical (unpaired) electrons. The van der Waals surface area contributed by atoms with Crippen LogP contribution in [-0.4, -0.2) is 35.8 Å². The lowest BCUT2D eigenvalue weighted by Crippen LogP contribution is -2.43.